The van der Waals surface area contributed by atoms with Crippen molar-refractivity contribution in [3.05, 3.63) is 16.1 Å². The lowest BCUT2D eigenvalue weighted by Gasteiger charge is -2.36. The van der Waals surface area contributed by atoms with Gasteiger partial charge in [-0.2, -0.15) is 0 Å². The molecule has 1 saturated heterocycles. The predicted octanol–water partition coefficient (Wildman–Crippen LogP) is 2.86. The maximum atomic E-state index is 5.87. The van der Waals surface area contributed by atoms with Crippen molar-refractivity contribution in [3.8, 4) is 0 Å². The van der Waals surface area contributed by atoms with Gasteiger partial charge >= 0.3 is 0 Å². The zero-order chi connectivity index (χ0) is 14.0. The van der Waals surface area contributed by atoms with Crippen molar-refractivity contribution in [1.29, 1.82) is 0 Å². The number of piperidine rings is 1. The second-order valence-corrected chi connectivity index (χ2v) is 7.75. The number of nitrogens with two attached hydrogens (primary N) is 1. The molecule has 2 unspecified atom stereocenters. The molecule has 0 aliphatic carbocycles. The van der Waals surface area contributed by atoms with Gasteiger partial charge in [0.1, 0.15) is 0 Å². The van der Waals surface area contributed by atoms with Crippen LogP contribution in [0.4, 0.5) is 0 Å². The fourth-order valence-corrected chi connectivity index (χ4v) is 3.53. The number of thiazole rings is 1. The van der Waals surface area contributed by atoms with Crippen molar-refractivity contribution in [1.82, 2.24) is 9.88 Å². The second-order valence-electron chi connectivity index (χ2n) is 6.89. The summed E-state index contributed by atoms with van der Waals surface area (Å²) in [6.45, 7) is 13.1. The van der Waals surface area contributed by atoms with Gasteiger partial charge < -0.3 is 5.73 Å². The minimum atomic E-state index is 0.166. The van der Waals surface area contributed by atoms with Crippen molar-refractivity contribution in [2.24, 2.45) is 17.6 Å². The van der Waals surface area contributed by atoms with Gasteiger partial charge in [0.2, 0.25) is 0 Å². The molecule has 0 amide bonds. The average Bonchev–Trinajstić information content (AvgIpc) is 2.80. The van der Waals surface area contributed by atoms with Crippen molar-refractivity contribution in [2.45, 2.75) is 46.1 Å². The quantitative estimate of drug-likeness (QED) is 0.926. The van der Waals surface area contributed by atoms with Crippen molar-refractivity contribution in [2.75, 3.05) is 19.6 Å². The van der Waals surface area contributed by atoms with Crippen molar-refractivity contribution < 1.29 is 0 Å². The van der Waals surface area contributed by atoms with Crippen molar-refractivity contribution in [3.63, 3.8) is 0 Å². The fraction of sp³-hybridized carbons (Fsp3) is 0.800. The zero-order valence-electron chi connectivity index (χ0n) is 12.6. The van der Waals surface area contributed by atoms with Crippen LogP contribution in [0.1, 0.15) is 44.8 Å². The Morgan fingerprint density at radius 3 is 2.79 bits per heavy atom. The Balaban J connectivity index is 1.96. The molecule has 0 aromatic carbocycles. The number of rotatable bonds is 3. The number of aromatic nitrogens is 1. The molecule has 1 fully saturated rings. The van der Waals surface area contributed by atoms with E-state index in [1.54, 1.807) is 11.3 Å². The summed E-state index contributed by atoms with van der Waals surface area (Å²) in [5.41, 5.74) is 7.26. The lowest BCUT2D eigenvalue weighted by atomic mass is 9.87. The highest BCUT2D eigenvalue weighted by Gasteiger charge is 2.26. The van der Waals surface area contributed by atoms with Crippen LogP contribution in [0.15, 0.2) is 5.38 Å². The van der Waals surface area contributed by atoms with Gasteiger partial charge in [-0.1, -0.05) is 27.7 Å². The van der Waals surface area contributed by atoms with Crippen LogP contribution in [0.5, 0.6) is 0 Å². The van der Waals surface area contributed by atoms with E-state index in [-0.39, 0.29) is 5.41 Å². The molecule has 2 atom stereocenters. The largest absolute Gasteiger partial charge is 0.330 e. The molecule has 0 spiro atoms. The Labute approximate surface area is 121 Å². The molecule has 1 aliphatic rings. The average molecular weight is 281 g/mol. The minimum Gasteiger partial charge on any atom is -0.330 e. The Kier molecular flexibility index (Phi) is 4.64. The van der Waals surface area contributed by atoms with Crippen LogP contribution in [0.2, 0.25) is 0 Å². The highest BCUT2D eigenvalue weighted by molar-refractivity contribution is 7.09. The molecule has 1 aromatic rings. The maximum Gasteiger partial charge on any atom is 0.0982 e. The van der Waals surface area contributed by atoms with E-state index < -0.39 is 0 Å². The summed E-state index contributed by atoms with van der Waals surface area (Å²) in [5, 5.41) is 3.46. The first kappa shape index (κ1) is 14.9. The highest BCUT2D eigenvalue weighted by Crippen LogP contribution is 2.27. The summed E-state index contributed by atoms with van der Waals surface area (Å²) >= 11 is 1.79. The summed E-state index contributed by atoms with van der Waals surface area (Å²) in [4.78, 5) is 7.30. The van der Waals surface area contributed by atoms with Gasteiger partial charge in [0.25, 0.3) is 0 Å². The van der Waals surface area contributed by atoms with E-state index in [0.29, 0.717) is 5.92 Å². The molecule has 0 bridgehead atoms. The molecule has 0 radical (unpaired) electrons. The standard InChI is InChI=1S/C15H27N3S/c1-11-5-6-18(8-12(11)7-16)9-13-10-19-14(17-13)15(2,3)4/h10-12H,5-9,16H2,1-4H3. The van der Waals surface area contributed by atoms with E-state index in [1.165, 1.54) is 23.7 Å². The Bertz CT molecular complexity index is 408. The smallest absolute Gasteiger partial charge is 0.0982 e. The summed E-state index contributed by atoms with van der Waals surface area (Å²) in [7, 11) is 0. The molecule has 1 aliphatic heterocycles. The maximum absolute atomic E-state index is 5.87. The molecule has 2 N–H and O–H groups in total. The van der Waals surface area contributed by atoms with Gasteiger partial charge in [-0.05, 0) is 31.3 Å². The van der Waals surface area contributed by atoms with E-state index in [2.05, 4.69) is 38.0 Å². The van der Waals surface area contributed by atoms with E-state index in [4.69, 9.17) is 10.7 Å². The van der Waals surface area contributed by atoms with Crippen LogP contribution in [0.25, 0.3) is 0 Å². The van der Waals surface area contributed by atoms with Gasteiger partial charge in [-0.15, -0.1) is 11.3 Å². The molecule has 1 aromatic heterocycles. The third-order valence-corrected chi connectivity index (χ3v) is 5.40. The summed E-state index contributed by atoms with van der Waals surface area (Å²) < 4.78 is 0. The van der Waals surface area contributed by atoms with Gasteiger partial charge in [0.05, 0.1) is 10.7 Å². The first-order valence-electron chi connectivity index (χ1n) is 7.27. The van der Waals surface area contributed by atoms with Gasteiger partial charge in [-0.3, -0.25) is 4.90 Å². The highest BCUT2D eigenvalue weighted by atomic mass is 32.1. The number of hydrogen-bond acceptors (Lipinski definition) is 4. The van der Waals surface area contributed by atoms with Crippen LogP contribution in [-0.4, -0.2) is 29.5 Å². The normalized spacial score (nSPS) is 25.7. The fourth-order valence-electron chi connectivity index (χ4n) is 2.63. The summed E-state index contributed by atoms with van der Waals surface area (Å²) in [5.74, 6) is 1.41. The van der Waals surface area contributed by atoms with E-state index >= 15 is 0 Å². The van der Waals surface area contributed by atoms with Crippen molar-refractivity contribution >= 4 is 11.3 Å². The van der Waals surface area contributed by atoms with Gasteiger partial charge in [0, 0.05) is 23.9 Å². The van der Waals surface area contributed by atoms with E-state index in [0.717, 1.165) is 25.6 Å². The first-order chi connectivity index (χ1) is 8.90. The van der Waals surface area contributed by atoms with Crippen LogP contribution in [0.3, 0.4) is 0 Å². The lowest BCUT2D eigenvalue weighted by molar-refractivity contribution is 0.125. The SMILES string of the molecule is CC1CCN(Cc2csc(C(C)(C)C)n2)CC1CN. The second kappa shape index (κ2) is 5.90. The van der Waals surface area contributed by atoms with Crippen LogP contribution in [0, 0.1) is 11.8 Å². The predicted molar refractivity (Wildman–Crippen MR) is 82.4 cm³/mol. The summed E-state index contributed by atoms with van der Waals surface area (Å²) in [6.07, 6.45) is 1.26. The van der Waals surface area contributed by atoms with Crippen LogP contribution < -0.4 is 5.73 Å². The topological polar surface area (TPSA) is 42.2 Å². The molecule has 108 valence electrons. The van der Waals surface area contributed by atoms with Crippen LogP contribution >= 0.6 is 11.3 Å². The monoisotopic (exact) mass is 281 g/mol. The Hall–Kier alpha value is -0.450. The van der Waals surface area contributed by atoms with Gasteiger partial charge in [0.15, 0.2) is 0 Å². The molecular weight excluding hydrogens is 254 g/mol. The van der Waals surface area contributed by atoms with Gasteiger partial charge in [-0.25, -0.2) is 4.98 Å². The Morgan fingerprint density at radius 2 is 2.21 bits per heavy atom. The van der Waals surface area contributed by atoms with E-state index in [9.17, 15) is 0 Å². The lowest BCUT2D eigenvalue weighted by Crippen LogP contribution is -2.42. The molecule has 3 nitrogen and oxygen atoms in total. The van der Waals surface area contributed by atoms with Crippen LogP contribution in [-0.2, 0) is 12.0 Å². The molecule has 19 heavy (non-hydrogen) atoms. The zero-order valence-corrected chi connectivity index (χ0v) is 13.5. The first-order valence-corrected chi connectivity index (χ1v) is 8.15. The molecule has 2 heterocycles. The molecule has 2 rings (SSSR count). The third kappa shape index (κ3) is 3.77. The molecular formula is C15H27N3S. The molecule has 4 heteroatoms. The third-order valence-electron chi connectivity index (χ3n) is 4.08. The number of likely N-dealkylation sites (tertiary alicyclic amines) is 1. The minimum absolute atomic E-state index is 0.166. The number of hydrogen-bond donors (Lipinski definition) is 1. The number of nitrogens with zero attached hydrogens (tertiary/aromatic N) is 2. The van der Waals surface area contributed by atoms with E-state index in [1.807, 2.05) is 0 Å². The summed E-state index contributed by atoms with van der Waals surface area (Å²) in [6, 6.07) is 0. The Morgan fingerprint density at radius 1 is 1.47 bits per heavy atom. The molecule has 0 saturated carbocycles.